The number of benzene rings is 6. The highest BCUT2D eigenvalue weighted by molar-refractivity contribution is 6.24. The molecule has 0 fully saturated rings. The molecule has 3 heterocycles. The lowest BCUT2D eigenvalue weighted by atomic mass is 9.87. The first-order valence-electron chi connectivity index (χ1n) is 16.0. The Balaban J connectivity index is 1.43. The smallest absolute Gasteiger partial charge is 0.136 e. The maximum absolute atomic E-state index is 6.27. The van der Waals surface area contributed by atoms with E-state index in [0.29, 0.717) is 0 Å². The maximum Gasteiger partial charge on any atom is 0.136 e. The molecule has 0 spiro atoms. The van der Waals surface area contributed by atoms with E-state index in [1.807, 2.05) is 6.92 Å². The minimum atomic E-state index is 0.0522. The number of fused-ring (bicyclic) bond motifs is 7. The average molecular weight is 595 g/mol. The van der Waals surface area contributed by atoms with Crippen molar-refractivity contribution in [1.82, 2.24) is 4.40 Å². The highest BCUT2D eigenvalue weighted by Gasteiger charge is 2.26. The van der Waals surface area contributed by atoms with Crippen LogP contribution < -0.4 is 4.90 Å². The van der Waals surface area contributed by atoms with Gasteiger partial charge < -0.3 is 13.7 Å². The molecule has 0 atom stereocenters. The fraction of sp³-hybridized carbons (Fsp3) is 0.116. The largest absolute Gasteiger partial charge is 0.461 e. The monoisotopic (exact) mass is 594 g/mol. The first kappa shape index (κ1) is 26.8. The molecule has 46 heavy (non-hydrogen) atoms. The zero-order valence-electron chi connectivity index (χ0n) is 26.5. The van der Waals surface area contributed by atoms with Gasteiger partial charge in [-0.05, 0) is 78.1 Å². The summed E-state index contributed by atoms with van der Waals surface area (Å²) in [7, 11) is 0. The van der Waals surface area contributed by atoms with E-state index in [9.17, 15) is 0 Å². The van der Waals surface area contributed by atoms with E-state index < -0.39 is 0 Å². The van der Waals surface area contributed by atoms with Crippen LogP contribution in [-0.4, -0.2) is 4.40 Å². The van der Waals surface area contributed by atoms with E-state index in [1.165, 1.54) is 49.2 Å². The van der Waals surface area contributed by atoms with Crippen molar-refractivity contribution in [3.05, 3.63) is 145 Å². The van der Waals surface area contributed by atoms with Crippen LogP contribution in [0.1, 0.15) is 32.1 Å². The van der Waals surface area contributed by atoms with Crippen LogP contribution in [0.25, 0.3) is 60.2 Å². The van der Waals surface area contributed by atoms with Gasteiger partial charge >= 0.3 is 0 Å². The number of furan rings is 1. The second-order valence-corrected chi connectivity index (χ2v) is 13.5. The quantitative estimate of drug-likeness (QED) is 0.202. The Morgan fingerprint density at radius 2 is 1.17 bits per heavy atom. The highest BCUT2D eigenvalue weighted by Crippen LogP contribution is 2.49. The van der Waals surface area contributed by atoms with E-state index in [2.05, 4.69) is 164 Å². The second kappa shape index (κ2) is 9.73. The van der Waals surface area contributed by atoms with E-state index in [0.717, 1.165) is 39.4 Å². The summed E-state index contributed by atoms with van der Waals surface area (Å²) in [6.45, 7) is 8.84. The molecule has 0 saturated carbocycles. The summed E-state index contributed by atoms with van der Waals surface area (Å²) >= 11 is 0. The van der Waals surface area contributed by atoms with Crippen molar-refractivity contribution < 1.29 is 4.42 Å². The summed E-state index contributed by atoms with van der Waals surface area (Å²) in [6, 6.07) is 48.7. The molecule has 3 aromatic heterocycles. The van der Waals surface area contributed by atoms with Gasteiger partial charge in [-0.25, -0.2) is 0 Å². The van der Waals surface area contributed by atoms with E-state index in [-0.39, 0.29) is 5.41 Å². The van der Waals surface area contributed by atoms with Crippen LogP contribution in [0.5, 0.6) is 0 Å². The van der Waals surface area contributed by atoms with Crippen LogP contribution in [0.3, 0.4) is 0 Å². The van der Waals surface area contributed by atoms with Gasteiger partial charge in [0, 0.05) is 43.9 Å². The van der Waals surface area contributed by atoms with Crippen molar-refractivity contribution in [2.24, 2.45) is 0 Å². The number of aromatic nitrogens is 1. The van der Waals surface area contributed by atoms with Crippen LogP contribution in [0.4, 0.5) is 17.1 Å². The lowest BCUT2D eigenvalue weighted by Gasteiger charge is -2.29. The van der Waals surface area contributed by atoms with Crippen LogP contribution in [0.2, 0.25) is 0 Å². The number of rotatable bonds is 4. The minimum absolute atomic E-state index is 0.0522. The fourth-order valence-corrected chi connectivity index (χ4v) is 7.40. The molecule has 0 amide bonds. The second-order valence-electron chi connectivity index (χ2n) is 13.5. The van der Waals surface area contributed by atoms with Crippen LogP contribution in [0.15, 0.2) is 138 Å². The molecule has 3 nitrogen and oxygen atoms in total. The van der Waals surface area contributed by atoms with Gasteiger partial charge in [0.05, 0.1) is 22.2 Å². The maximum atomic E-state index is 6.27. The average Bonchev–Trinajstić information content (AvgIpc) is 3.73. The number of nitrogens with zero attached hydrogens (tertiary/aromatic N) is 2. The summed E-state index contributed by atoms with van der Waals surface area (Å²) in [5, 5.41) is 6.13. The SMILES string of the molecule is Cc1cc2c(N(c3ccc(C(C)(C)C)cc3)c3cc4c5ccccc5n5c6ccccc6c(c3)c45)c(-c3ccccc3)ccc2o1. The van der Waals surface area contributed by atoms with Crippen molar-refractivity contribution >= 4 is 66.1 Å². The summed E-state index contributed by atoms with van der Waals surface area (Å²) in [4.78, 5) is 2.45. The summed E-state index contributed by atoms with van der Waals surface area (Å²) in [6.07, 6.45) is 0. The van der Waals surface area contributed by atoms with Crippen LogP contribution in [0, 0.1) is 6.92 Å². The first-order valence-corrected chi connectivity index (χ1v) is 16.0. The topological polar surface area (TPSA) is 20.8 Å². The molecule has 9 aromatic rings. The molecule has 6 aromatic carbocycles. The van der Waals surface area contributed by atoms with Gasteiger partial charge in [-0.15, -0.1) is 0 Å². The molecule has 0 bridgehead atoms. The lowest BCUT2D eigenvalue weighted by Crippen LogP contribution is -2.14. The Kier molecular flexibility index (Phi) is 5.67. The van der Waals surface area contributed by atoms with Crippen molar-refractivity contribution in [1.29, 1.82) is 0 Å². The van der Waals surface area contributed by atoms with E-state index >= 15 is 0 Å². The molecule has 222 valence electrons. The zero-order chi connectivity index (χ0) is 31.2. The Morgan fingerprint density at radius 1 is 0.565 bits per heavy atom. The fourth-order valence-electron chi connectivity index (χ4n) is 7.40. The minimum Gasteiger partial charge on any atom is -0.461 e. The zero-order valence-corrected chi connectivity index (χ0v) is 26.5. The molecule has 0 N–H and O–H groups in total. The highest BCUT2D eigenvalue weighted by atomic mass is 16.3. The van der Waals surface area contributed by atoms with Crippen molar-refractivity contribution in [3.8, 4) is 11.1 Å². The molecule has 0 aliphatic carbocycles. The first-order chi connectivity index (χ1) is 22.4. The standard InChI is InChI=1S/C43H34N2O/c1-27-24-37-40(46-27)23-22-32(28-12-6-5-7-13-28)41(37)44(30-20-18-29(19-21-30)43(2,3)4)31-25-35-33-14-8-10-16-38(33)45-39-17-11-9-15-34(39)36(26-31)42(35)45/h5-26H,1-4H3. The van der Waals surface area contributed by atoms with E-state index in [4.69, 9.17) is 4.42 Å². The number of hydrogen-bond donors (Lipinski definition) is 0. The Bertz CT molecular complexity index is 2480. The van der Waals surface area contributed by atoms with Crippen LogP contribution in [-0.2, 0) is 5.41 Å². The number of aryl methyl sites for hydroxylation is 1. The molecule has 0 aliphatic rings. The predicted octanol–water partition coefficient (Wildman–Crippen LogP) is 12.3. The third kappa shape index (κ3) is 3.91. The van der Waals surface area contributed by atoms with Gasteiger partial charge in [-0.1, -0.05) is 99.6 Å². The summed E-state index contributed by atoms with van der Waals surface area (Å²) in [5.41, 5.74) is 11.7. The number of hydrogen-bond acceptors (Lipinski definition) is 2. The van der Waals surface area contributed by atoms with E-state index in [1.54, 1.807) is 0 Å². The Hall–Kier alpha value is -5.54. The molecular weight excluding hydrogens is 560 g/mol. The Labute approximate surface area is 268 Å². The summed E-state index contributed by atoms with van der Waals surface area (Å²) in [5.74, 6) is 0.899. The third-order valence-corrected chi connectivity index (χ3v) is 9.54. The van der Waals surface area contributed by atoms with Gasteiger partial charge in [-0.2, -0.15) is 0 Å². The predicted molar refractivity (Wildman–Crippen MR) is 194 cm³/mol. The van der Waals surface area contributed by atoms with Gasteiger partial charge in [0.2, 0.25) is 0 Å². The van der Waals surface area contributed by atoms with Gasteiger partial charge in [0.25, 0.3) is 0 Å². The third-order valence-electron chi connectivity index (χ3n) is 9.54. The van der Waals surface area contributed by atoms with Gasteiger partial charge in [0.15, 0.2) is 0 Å². The molecule has 0 saturated heterocycles. The van der Waals surface area contributed by atoms with Gasteiger partial charge in [-0.3, -0.25) is 0 Å². The van der Waals surface area contributed by atoms with Crippen molar-refractivity contribution in [2.75, 3.05) is 4.90 Å². The normalized spacial score (nSPS) is 12.3. The number of anilines is 3. The molecule has 0 aliphatic heterocycles. The number of para-hydroxylation sites is 2. The Morgan fingerprint density at radius 3 is 1.80 bits per heavy atom. The molecule has 9 rings (SSSR count). The van der Waals surface area contributed by atoms with Crippen molar-refractivity contribution in [3.63, 3.8) is 0 Å². The molecule has 0 unspecified atom stereocenters. The van der Waals surface area contributed by atoms with Gasteiger partial charge in [0.1, 0.15) is 11.3 Å². The van der Waals surface area contributed by atoms with Crippen LogP contribution >= 0.6 is 0 Å². The lowest BCUT2D eigenvalue weighted by molar-refractivity contribution is 0.578. The van der Waals surface area contributed by atoms with Crippen molar-refractivity contribution in [2.45, 2.75) is 33.1 Å². The summed E-state index contributed by atoms with van der Waals surface area (Å²) < 4.78 is 8.71. The molecule has 0 radical (unpaired) electrons. The molecule has 3 heteroatoms. The molecular formula is C43H34N2O.